The molecule has 0 bridgehead atoms. The van der Waals surface area contributed by atoms with Crippen LogP contribution < -0.4 is 9.47 Å². The molecule has 2 aliphatic rings. The largest absolute Gasteiger partial charge is 0.494 e. The number of para-hydroxylation sites is 1. The van der Waals surface area contributed by atoms with Crippen LogP contribution in [0.25, 0.3) is 0 Å². The van der Waals surface area contributed by atoms with Crippen molar-refractivity contribution in [1.82, 2.24) is 0 Å². The minimum Gasteiger partial charge on any atom is -0.494 e. The minimum absolute atomic E-state index is 0.0581. The molecular formula is C25H22Cl2O2. The molecule has 0 spiro atoms. The second-order valence-corrected chi connectivity index (χ2v) is 9.15. The average Bonchev–Trinajstić information content (AvgIpc) is 3.23. The molecule has 1 saturated carbocycles. The van der Waals surface area contributed by atoms with Crippen molar-refractivity contribution in [2.24, 2.45) is 5.92 Å². The summed E-state index contributed by atoms with van der Waals surface area (Å²) in [5.41, 5.74) is 3.79. The Morgan fingerprint density at radius 3 is 2.24 bits per heavy atom. The third-order valence-electron chi connectivity index (χ3n) is 6.22. The number of hydrogen-bond acceptors (Lipinski definition) is 2. The maximum Gasteiger partial charge on any atom is 0.174 e. The molecule has 148 valence electrons. The van der Waals surface area contributed by atoms with Gasteiger partial charge in [-0.1, -0.05) is 77.8 Å². The van der Waals surface area contributed by atoms with Gasteiger partial charge in [-0.25, -0.2) is 0 Å². The molecule has 1 aliphatic heterocycles. The molecule has 1 heterocycles. The highest BCUT2D eigenvalue weighted by molar-refractivity contribution is 6.52. The van der Waals surface area contributed by atoms with Crippen LogP contribution in [0.15, 0.2) is 72.8 Å². The molecule has 0 unspecified atom stereocenters. The minimum atomic E-state index is -1.04. The summed E-state index contributed by atoms with van der Waals surface area (Å²) in [4.78, 5) is 0. The fraction of sp³-hybridized carbons (Fsp3) is 0.280. The van der Waals surface area contributed by atoms with Gasteiger partial charge in [-0.2, -0.15) is 0 Å². The molecule has 0 amide bonds. The number of halogens is 2. The van der Waals surface area contributed by atoms with E-state index in [1.54, 1.807) is 0 Å². The van der Waals surface area contributed by atoms with Crippen LogP contribution in [0.5, 0.6) is 11.5 Å². The van der Waals surface area contributed by atoms with Crippen molar-refractivity contribution in [2.45, 2.75) is 29.7 Å². The van der Waals surface area contributed by atoms with Gasteiger partial charge < -0.3 is 9.47 Å². The van der Waals surface area contributed by atoms with E-state index < -0.39 is 9.93 Å². The first-order valence-corrected chi connectivity index (χ1v) is 10.7. The number of benzene rings is 3. The van der Waals surface area contributed by atoms with E-state index >= 15 is 0 Å². The first-order valence-electron chi connectivity index (χ1n) is 9.95. The molecule has 3 aromatic rings. The fourth-order valence-corrected chi connectivity index (χ4v) is 5.82. The molecule has 29 heavy (non-hydrogen) atoms. The lowest BCUT2D eigenvalue weighted by molar-refractivity contribution is 0.137. The van der Waals surface area contributed by atoms with Crippen molar-refractivity contribution in [2.75, 3.05) is 6.61 Å². The van der Waals surface area contributed by atoms with Crippen LogP contribution in [0.3, 0.4) is 0 Å². The van der Waals surface area contributed by atoms with Crippen LogP contribution in [0.4, 0.5) is 0 Å². The van der Waals surface area contributed by atoms with Gasteiger partial charge in [0.2, 0.25) is 0 Å². The molecule has 3 atom stereocenters. The Kier molecular flexibility index (Phi) is 4.34. The second kappa shape index (κ2) is 6.68. The Hall–Kier alpha value is -2.16. The zero-order chi connectivity index (χ0) is 20.2. The van der Waals surface area contributed by atoms with Gasteiger partial charge in [0, 0.05) is 11.5 Å². The van der Waals surface area contributed by atoms with E-state index in [1.165, 1.54) is 11.1 Å². The zero-order valence-electron chi connectivity index (χ0n) is 16.4. The summed E-state index contributed by atoms with van der Waals surface area (Å²) in [5.74, 6) is 1.63. The standard InChI is InChI=1S/C25H22Cl2O2/c1-3-28-18-14-12-17(13-15-18)24-23(25(24,26)27)22(19-9-5-4-8-16(19)2)20-10-6-7-11-21(20)29-24/h4-15,22-23H,3H2,1-2H3/t22-,23+,24+/m1/s1. The number of rotatable bonds is 4. The summed E-state index contributed by atoms with van der Waals surface area (Å²) in [6, 6.07) is 24.6. The van der Waals surface area contributed by atoms with E-state index in [4.69, 9.17) is 32.7 Å². The lowest BCUT2D eigenvalue weighted by atomic mass is 9.80. The van der Waals surface area contributed by atoms with Crippen LogP contribution in [0.2, 0.25) is 0 Å². The van der Waals surface area contributed by atoms with Crippen LogP contribution in [0, 0.1) is 12.8 Å². The highest BCUT2D eigenvalue weighted by Gasteiger charge is 2.83. The Bertz CT molecular complexity index is 1060. The predicted molar refractivity (Wildman–Crippen MR) is 117 cm³/mol. The van der Waals surface area contributed by atoms with Crippen molar-refractivity contribution < 1.29 is 9.47 Å². The van der Waals surface area contributed by atoms with Gasteiger partial charge in [-0.15, -0.1) is 0 Å². The predicted octanol–water partition coefficient (Wildman–Crippen LogP) is 6.62. The number of aryl methyl sites for hydroxylation is 1. The van der Waals surface area contributed by atoms with Gasteiger partial charge in [0.1, 0.15) is 11.5 Å². The molecule has 0 aromatic heterocycles. The van der Waals surface area contributed by atoms with Gasteiger partial charge in [0.05, 0.1) is 12.5 Å². The Morgan fingerprint density at radius 2 is 1.55 bits per heavy atom. The highest BCUT2D eigenvalue weighted by Crippen LogP contribution is 2.77. The van der Waals surface area contributed by atoms with Crippen molar-refractivity contribution in [3.05, 3.63) is 95.1 Å². The normalized spacial score (nSPS) is 26.1. The van der Waals surface area contributed by atoms with Crippen molar-refractivity contribution in [3.8, 4) is 11.5 Å². The summed E-state index contributed by atoms with van der Waals surface area (Å²) >= 11 is 14.0. The van der Waals surface area contributed by atoms with Gasteiger partial charge >= 0.3 is 0 Å². The van der Waals surface area contributed by atoms with Gasteiger partial charge in [0.25, 0.3) is 0 Å². The van der Waals surface area contributed by atoms with E-state index in [0.29, 0.717) is 6.61 Å². The molecule has 0 N–H and O–H groups in total. The van der Waals surface area contributed by atoms with Gasteiger partial charge in [-0.3, -0.25) is 0 Å². The molecule has 0 saturated heterocycles. The number of ether oxygens (including phenoxy) is 2. The van der Waals surface area contributed by atoms with E-state index in [-0.39, 0.29) is 11.8 Å². The van der Waals surface area contributed by atoms with Gasteiger partial charge in [-0.05, 0) is 48.7 Å². The molecular weight excluding hydrogens is 403 g/mol. The van der Waals surface area contributed by atoms with Crippen molar-refractivity contribution in [3.63, 3.8) is 0 Å². The number of fused-ring (bicyclic) bond motifs is 2. The molecule has 1 fully saturated rings. The Morgan fingerprint density at radius 1 is 0.897 bits per heavy atom. The zero-order valence-corrected chi connectivity index (χ0v) is 17.9. The Balaban J connectivity index is 1.68. The average molecular weight is 425 g/mol. The quantitative estimate of drug-likeness (QED) is 0.438. The third kappa shape index (κ3) is 2.62. The molecule has 2 nitrogen and oxygen atoms in total. The molecule has 5 rings (SSSR count). The van der Waals surface area contributed by atoms with Crippen LogP contribution >= 0.6 is 23.2 Å². The number of alkyl halides is 2. The maximum absolute atomic E-state index is 7.00. The summed E-state index contributed by atoms with van der Waals surface area (Å²) in [5, 5.41) is 0. The van der Waals surface area contributed by atoms with Crippen molar-refractivity contribution in [1.29, 1.82) is 0 Å². The summed E-state index contributed by atoms with van der Waals surface area (Å²) < 4.78 is 11.1. The van der Waals surface area contributed by atoms with Crippen molar-refractivity contribution >= 4 is 23.2 Å². The first kappa shape index (κ1) is 18.8. The summed E-state index contributed by atoms with van der Waals surface area (Å²) in [6.07, 6.45) is 0. The molecule has 0 radical (unpaired) electrons. The SMILES string of the molecule is CCOc1ccc([C@]23Oc4ccccc4[C@@H](c4ccccc4C)[C@@H]2C3(Cl)Cl)cc1. The second-order valence-electron chi connectivity index (χ2n) is 7.77. The van der Waals surface area contributed by atoms with E-state index in [1.807, 2.05) is 49.4 Å². The molecule has 3 aromatic carbocycles. The monoisotopic (exact) mass is 424 g/mol. The summed E-state index contributed by atoms with van der Waals surface area (Å²) in [6.45, 7) is 4.74. The first-order chi connectivity index (χ1) is 14.0. The van der Waals surface area contributed by atoms with E-state index in [2.05, 4.69) is 37.3 Å². The van der Waals surface area contributed by atoms with E-state index in [0.717, 1.165) is 22.6 Å². The van der Waals surface area contributed by atoms with Gasteiger partial charge in [0.15, 0.2) is 9.93 Å². The Labute approximate surface area is 181 Å². The summed E-state index contributed by atoms with van der Waals surface area (Å²) in [7, 11) is 0. The maximum atomic E-state index is 7.00. The number of hydrogen-bond donors (Lipinski definition) is 0. The van der Waals surface area contributed by atoms with E-state index in [9.17, 15) is 0 Å². The highest BCUT2D eigenvalue weighted by atomic mass is 35.5. The lowest BCUT2D eigenvalue weighted by Crippen LogP contribution is -2.29. The van der Waals surface area contributed by atoms with Crippen LogP contribution in [0.1, 0.15) is 35.1 Å². The molecule has 1 aliphatic carbocycles. The topological polar surface area (TPSA) is 18.5 Å². The fourth-order valence-electron chi connectivity index (χ4n) is 4.84. The van der Waals surface area contributed by atoms with Crippen LogP contribution in [-0.2, 0) is 5.60 Å². The van der Waals surface area contributed by atoms with Crippen LogP contribution in [-0.4, -0.2) is 10.9 Å². The lowest BCUT2D eigenvalue weighted by Gasteiger charge is -2.32. The molecule has 4 heteroatoms. The third-order valence-corrected chi connectivity index (χ3v) is 7.25. The smallest absolute Gasteiger partial charge is 0.174 e.